The smallest absolute Gasteiger partial charge is 0.335 e. The van der Waals surface area contributed by atoms with Crippen LogP contribution < -0.4 is 0 Å². The molecule has 4 saturated heterocycles. The number of ether oxygens (including phenoxy) is 7. The summed E-state index contributed by atoms with van der Waals surface area (Å²) in [5, 5.41) is 124. The number of carbonyl (C=O) groups is 4. The molecular formula is C34H54O23. The van der Waals surface area contributed by atoms with Crippen molar-refractivity contribution in [3.63, 3.8) is 0 Å². The summed E-state index contributed by atoms with van der Waals surface area (Å²) in [5.41, 5.74) is 0. The summed E-state index contributed by atoms with van der Waals surface area (Å²) in [6.45, 7) is -1.13. The van der Waals surface area contributed by atoms with Gasteiger partial charge in [-0.1, -0.05) is 0 Å². The Morgan fingerprint density at radius 2 is 0.947 bits per heavy atom. The van der Waals surface area contributed by atoms with Gasteiger partial charge >= 0.3 is 11.9 Å². The van der Waals surface area contributed by atoms with Gasteiger partial charge in [-0.3, -0.25) is 0 Å². The van der Waals surface area contributed by atoms with Gasteiger partial charge in [-0.2, -0.15) is 0 Å². The maximum atomic E-state index is 12.4. The second-order valence-electron chi connectivity index (χ2n) is 14.9. The summed E-state index contributed by atoms with van der Waals surface area (Å²) in [7, 11) is 0. The molecule has 4 fully saturated rings. The fourth-order valence-electron chi connectivity index (χ4n) is 7.83. The van der Waals surface area contributed by atoms with Gasteiger partial charge in [0.05, 0.1) is 64.1 Å². The first-order valence-corrected chi connectivity index (χ1v) is 18.4. The van der Waals surface area contributed by atoms with E-state index in [9.17, 15) is 80.5 Å². The molecule has 0 amide bonds. The third-order valence-corrected chi connectivity index (χ3v) is 10.9. The van der Waals surface area contributed by atoms with Crippen molar-refractivity contribution in [1.82, 2.24) is 0 Å². The number of carboxylic acid groups (broad SMARTS) is 2. The molecule has 0 aromatic heterocycles. The highest BCUT2D eigenvalue weighted by molar-refractivity contribution is 5.76. The van der Waals surface area contributed by atoms with Crippen LogP contribution >= 0.6 is 0 Å². The van der Waals surface area contributed by atoms with Gasteiger partial charge in [0, 0.05) is 42.4 Å². The molecule has 0 aliphatic carbocycles. The van der Waals surface area contributed by atoms with Crippen molar-refractivity contribution in [3.05, 3.63) is 0 Å². The molecule has 4 aliphatic heterocycles. The van der Waals surface area contributed by atoms with Crippen LogP contribution in [0, 0.1) is 29.6 Å². The third-order valence-electron chi connectivity index (χ3n) is 10.9. The Kier molecular flexibility index (Phi) is 17.2. The normalized spacial score (nSPS) is 44.0. The van der Waals surface area contributed by atoms with E-state index in [2.05, 4.69) is 0 Å². The number of hydrogen-bond donors (Lipinski definition) is 12. The van der Waals surface area contributed by atoms with E-state index in [1.807, 2.05) is 0 Å². The lowest BCUT2D eigenvalue weighted by Gasteiger charge is -2.46. The van der Waals surface area contributed by atoms with Gasteiger partial charge in [-0.25, -0.2) is 9.59 Å². The van der Waals surface area contributed by atoms with Gasteiger partial charge in [0.15, 0.2) is 31.1 Å². The first kappa shape index (κ1) is 47.3. The predicted molar refractivity (Wildman–Crippen MR) is 179 cm³/mol. The van der Waals surface area contributed by atoms with Crippen molar-refractivity contribution in [2.75, 3.05) is 39.6 Å². The summed E-state index contributed by atoms with van der Waals surface area (Å²) in [5.74, 6) is -9.64. The summed E-state index contributed by atoms with van der Waals surface area (Å²) in [4.78, 5) is 48.1. The number of carbonyl (C=O) groups excluding carboxylic acids is 2. The van der Waals surface area contributed by atoms with Crippen LogP contribution in [-0.4, -0.2) is 217 Å². The van der Waals surface area contributed by atoms with E-state index in [1.165, 1.54) is 13.8 Å². The highest BCUT2D eigenvalue weighted by Gasteiger charge is 2.52. The molecule has 0 aromatic rings. The van der Waals surface area contributed by atoms with Gasteiger partial charge in [0.2, 0.25) is 0 Å². The van der Waals surface area contributed by atoms with Crippen LogP contribution in [0.25, 0.3) is 0 Å². The van der Waals surface area contributed by atoms with E-state index in [-0.39, 0.29) is 18.6 Å². The largest absolute Gasteiger partial charge is 0.479 e. The molecular weight excluding hydrogens is 776 g/mol. The maximum absolute atomic E-state index is 12.4. The Morgan fingerprint density at radius 3 is 1.46 bits per heavy atom. The van der Waals surface area contributed by atoms with Crippen molar-refractivity contribution >= 4 is 23.5 Å². The molecule has 0 bridgehead atoms. The molecule has 0 saturated carbocycles. The van der Waals surface area contributed by atoms with Crippen molar-refractivity contribution in [2.24, 2.45) is 29.6 Å². The summed E-state index contributed by atoms with van der Waals surface area (Å²) in [6, 6.07) is 0. The molecule has 23 heteroatoms. The molecule has 4 aliphatic rings. The molecule has 12 unspecified atom stereocenters. The molecule has 23 nitrogen and oxygen atoms in total. The minimum atomic E-state index is -2.00. The fraction of sp³-hybridized carbons (Fsp3) is 0.882. The molecule has 328 valence electrons. The van der Waals surface area contributed by atoms with Crippen LogP contribution in [0.4, 0.5) is 0 Å². The van der Waals surface area contributed by atoms with Crippen LogP contribution in [-0.2, 0) is 52.3 Å². The molecule has 4 rings (SSSR count). The van der Waals surface area contributed by atoms with Crippen LogP contribution in [0.1, 0.15) is 26.7 Å². The second kappa shape index (κ2) is 20.7. The molecule has 12 N–H and O–H groups in total. The van der Waals surface area contributed by atoms with Crippen molar-refractivity contribution in [2.45, 2.75) is 119 Å². The van der Waals surface area contributed by atoms with Crippen LogP contribution in [0.5, 0.6) is 0 Å². The zero-order valence-corrected chi connectivity index (χ0v) is 31.1. The standard InChI is InChI=1S/C34H54O23/c1-11(37)3-13-15(8-52-34-27(45)24(42)25(43)29(57-34)31(48)49)21(39)18(5-35)54-20(13)10-51-7-17-23(41)26(44)33(56-28(17)30(46)47)53-9-16-14(4-12(2)38)32(50)55-19(6-36)22(16)40/h13-29,32-36,39-45,50H,3-10H2,1-2H3,(H,46,47)(H,48,49)/t13?,14?,15?,16?,17-,18?,19?,20-,21-,22-,23?,24?,25-,26?,27?,28?,29?,32+,33+,34+/m0/s1. The van der Waals surface area contributed by atoms with Gasteiger partial charge in [-0.15, -0.1) is 0 Å². The van der Waals surface area contributed by atoms with Crippen LogP contribution in [0.15, 0.2) is 0 Å². The number of aliphatic hydroxyl groups is 10. The Hall–Kier alpha value is -2.40. The average molecular weight is 831 g/mol. The molecule has 0 aromatic carbocycles. The average Bonchev–Trinajstić information content (AvgIpc) is 3.14. The summed E-state index contributed by atoms with van der Waals surface area (Å²) < 4.78 is 38.6. The summed E-state index contributed by atoms with van der Waals surface area (Å²) >= 11 is 0. The first-order chi connectivity index (χ1) is 26.8. The fourth-order valence-corrected chi connectivity index (χ4v) is 7.83. The lowest BCUT2D eigenvalue weighted by atomic mass is 9.77. The SMILES string of the molecule is CC(=O)CC1C(CO[C@@H]2OC(C(=O)O)[C@@H](COC[C@@H]3OC(CO)[C@@H](O)C(CO[C@@H]4OC(C(=O)O)[C@@H](O)C(O)C4O)C3CC(C)=O)C(O)C2O)[C@H](O)C(CO)O[C@H]1O. The van der Waals surface area contributed by atoms with Crippen molar-refractivity contribution < 1.29 is 114 Å². The van der Waals surface area contributed by atoms with E-state index < -0.39 is 179 Å². The zero-order valence-electron chi connectivity index (χ0n) is 31.1. The van der Waals surface area contributed by atoms with E-state index in [0.29, 0.717) is 0 Å². The van der Waals surface area contributed by atoms with Crippen molar-refractivity contribution in [1.29, 1.82) is 0 Å². The third kappa shape index (κ3) is 11.1. The quantitative estimate of drug-likeness (QED) is 0.0611. The lowest BCUT2D eigenvalue weighted by Crippen LogP contribution is -2.61. The van der Waals surface area contributed by atoms with Crippen LogP contribution in [0.2, 0.25) is 0 Å². The number of rotatable bonds is 18. The highest BCUT2D eigenvalue weighted by Crippen LogP contribution is 2.37. The molecule has 20 atom stereocenters. The van der Waals surface area contributed by atoms with E-state index in [0.717, 1.165) is 0 Å². The number of hydrogen-bond acceptors (Lipinski definition) is 21. The number of carboxylic acids is 2. The lowest BCUT2D eigenvalue weighted by molar-refractivity contribution is -0.307. The number of aliphatic hydroxyl groups excluding tert-OH is 10. The number of ketones is 2. The monoisotopic (exact) mass is 830 g/mol. The topological polar surface area (TPSA) is 376 Å². The maximum Gasteiger partial charge on any atom is 0.335 e. The minimum Gasteiger partial charge on any atom is -0.479 e. The number of aliphatic carboxylic acids is 2. The molecule has 57 heavy (non-hydrogen) atoms. The van der Waals surface area contributed by atoms with Gasteiger partial charge in [0.1, 0.15) is 48.2 Å². The Morgan fingerprint density at radius 1 is 0.474 bits per heavy atom. The molecule has 0 radical (unpaired) electrons. The van der Waals surface area contributed by atoms with Gasteiger partial charge in [0.25, 0.3) is 0 Å². The first-order valence-electron chi connectivity index (χ1n) is 18.4. The van der Waals surface area contributed by atoms with E-state index >= 15 is 0 Å². The summed E-state index contributed by atoms with van der Waals surface area (Å²) in [6.07, 6.45) is -26.0. The Labute approximate surface area is 325 Å². The predicted octanol–water partition coefficient (Wildman–Crippen LogP) is -6.31. The van der Waals surface area contributed by atoms with Crippen molar-refractivity contribution in [3.8, 4) is 0 Å². The van der Waals surface area contributed by atoms with Crippen LogP contribution in [0.3, 0.4) is 0 Å². The number of Topliss-reactive ketones (excluding diaryl/α,β-unsaturated/α-hetero) is 2. The second-order valence-corrected chi connectivity index (χ2v) is 14.9. The Bertz CT molecular complexity index is 1350. The Balaban J connectivity index is 1.44. The van der Waals surface area contributed by atoms with E-state index in [1.54, 1.807) is 0 Å². The minimum absolute atomic E-state index is 0.261. The molecule has 0 spiro atoms. The highest BCUT2D eigenvalue weighted by atomic mass is 16.7. The van der Waals surface area contributed by atoms with Gasteiger partial charge in [-0.05, 0) is 13.8 Å². The zero-order chi connectivity index (χ0) is 42.5. The van der Waals surface area contributed by atoms with E-state index in [4.69, 9.17) is 33.2 Å². The van der Waals surface area contributed by atoms with Gasteiger partial charge < -0.3 is 104 Å². The molecule has 4 heterocycles.